The molecule has 1 saturated heterocycles. The molecule has 0 amide bonds. The Hall–Kier alpha value is -0.970. The van der Waals surface area contributed by atoms with Crippen LogP contribution in [0.3, 0.4) is 0 Å². The molecule has 106 valence electrons. The molecule has 1 aromatic rings. The van der Waals surface area contributed by atoms with Crippen molar-refractivity contribution in [2.24, 2.45) is 5.73 Å². The zero-order valence-electron chi connectivity index (χ0n) is 11.9. The molecule has 1 fully saturated rings. The van der Waals surface area contributed by atoms with Crippen molar-refractivity contribution >= 4 is 0 Å². The van der Waals surface area contributed by atoms with Gasteiger partial charge in [0.2, 0.25) is 0 Å². The Kier molecular flexibility index (Phi) is 4.23. The van der Waals surface area contributed by atoms with Gasteiger partial charge < -0.3 is 10.5 Å². The normalized spacial score (nSPS) is 19.4. The molecule has 0 bridgehead atoms. The molecule has 2 N–H and O–H groups in total. The first-order valence-electron chi connectivity index (χ1n) is 6.77. The summed E-state index contributed by atoms with van der Waals surface area (Å²) < 4.78 is 18.7. The quantitative estimate of drug-likeness (QED) is 0.912. The van der Waals surface area contributed by atoms with Crippen LogP contribution in [0.15, 0.2) is 18.2 Å². The zero-order valence-corrected chi connectivity index (χ0v) is 11.9. The Balaban J connectivity index is 2.20. The number of halogens is 1. The van der Waals surface area contributed by atoms with Crippen molar-refractivity contribution < 1.29 is 9.13 Å². The number of hydrogen-bond acceptors (Lipinski definition) is 3. The molecule has 3 nitrogen and oxygen atoms in total. The predicted molar refractivity (Wildman–Crippen MR) is 74.5 cm³/mol. The third-order valence-corrected chi connectivity index (χ3v) is 4.13. The van der Waals surface area contributed by atoms with E-state index in [2.05, 4.69) is 18.7 Å². The average Bonchev–Trinajstić information content (AvgIpc) is 2.42. The van der Waals surface area contributed by atoms with E-state index in [1.165, 1.54) is 6.07 Å². The Morgan fingerprint density at radius 2 is 1.95 bits per heavy atom. The van der Waals surface area contributed by atoms with Crippen molar-refractivity contribution in [1.29, 1.82) is 0 Å². The van der Waals surface area contributed by atoms with Gasteiger partial charge in [-0.15, -0.1) is 0 Å². The third-order valence-electron chi connectivity index (χ3n) is 4.13. The molecule has 1 aliphatic heterocycles. The highest BCUT2D eigenvalue weighted by Gasteiger charge is 2.35. The molecule has 0 saturated carbocycles. The summed E-state index contributed by atoms with van der Waals surface area (Å²) in [6.07, 6.45) is 0. The van der Waals surface area contributed by atoms with Gasteiger partial charge in [-0.1, -0.05) is 12.1 Å². The second-order valence-corrected chi connectivity index (χ2v) is 5.74. The standard InChI is InChI=1S/C15H23FN2O/c1-11-10-12(4-5-13(11)16)14(17)15(2,3)18-6-8-19-9-7-18/h4-5,10,14H,6-9,17H2,1-3H3. The van der Waals surface area contributed by atoms with Crippen molar-refractivity contribution in [2.45, 2.75) is 32.4 Å². The lowest BCUT2D eigenvalue weighted by Gasteiger charge is -2.44. The number of hydrogen-bond donors (Lipinski definition) is 1. The van der Waals surface area contributed by atoms with Gasteiger partial charge in [0.25, 0.3) is 0 Å². The largest absolute Gasteiger partial charge is 0.379 e. The zero-order chi connectivity index (χ0) is 14.0. The minimum Gasteiger partial charge on any atom is -0.379 e. The highest BCUT2D eigenvalue weighted by atomic mass is 19.1. The first kappa shape index (κ1) is 14.4. The lowest BCUT2D eigenvalue weighted by molar-refractivity contribution is -0.0190. The van der Waals surface area contributed by atoms with Crippen LogP contribution in [0.4, 0.5) is 4.39 Å². The van der Waals surface area contributed by atoms with Crippen LogP contribution in [0.2, 0.25) is 0 Å². The summed E-state index contributed by atoms with van der Waals surface area (Å²) in [5, 5.41) is 0. The maximum absolute atomic E-state index is 13.3. The van der Waals surface area contributed by atoms with E-state index in [1.54, 1.807) is 13.0 Å². The maximum Gasteiger partial charge on any atom is 0.126 e. The number of aryl methyl sites for hydroxylation is 1. The minimum atomic E-state index is -0.180. The summed E-state index contributed by atoms with van der Waals surface area (Å²) in [5.74, 6) is -0.180. The van der Waals surface area contributed by atoms with Gasteiger partial charge in [-0.25, -0.2) is 4.39 Å². The molecule has 0 aromatic heterocycles. The molecule has 0 spiro atoms. The van der Waals surface area contributed by atoms with E-state index in [1.807, 2.05) is 6.07 Å². The Morgan fingerprint density at radius 3 is 2.53 bits per heavy atom. The SMILES string of the molecule is Cc1cc(C(N)C(C)(C)N2CCOCC2)ccc1F. The van der Waals surface area contributed by atoms with Crippen LogP contribution in [-0.2, 0) is 4.74 Å². The van der Waals surface area contributed by atoms with E-state index in [9.17, 15) is 4.39 Å². The summed E-state index contributed by atoms with van der Waals surface area (Å²) in [4.78, 5) is 2.35. The first-order chi connectivity index (χ1) is 8.93. The number of nitrogens with zero attached hydrogens (tertiary/aromatic N) is 1. The number of nitrogens with two attached hydrogens (primary N) is 1. The summed E-state index contributed by atoms with van der Waals surface area (Å²) in [5.41, 5.74) is 7.87. The van der Waals surface area contributed by atoms with Gasteiger partial charge >= 0.3 is 0 Å². The summed E-state index contributed by atoms with van der Waals surface area (Å²) in [7, 11) is 0. The topological polar surface area (TPSA) is 38.5 Å². The van der Waals surface area contributed by atoms with Crippen LogP contribution in [0.1, 0.15) is 31.0 Å². The van der Waals surface area contributed by atoms with Gasteiger partial charge in [-0.3, -0.25) is 4.90 Å². The monoisotopic (exact) mass is 266 g/mol. The van der Waals surface area contributed by atoms with E-state index in [0.29, 0.717) is 5.56 Å². The van der Waals surface area contributed by atoms with Crippen LogP contribution >= 0.6 is 0 Å². The molecule has 2 rings (SSSR count). The second kappa shape index (κ2) is 5.57. The number of morpholine rings is 1. The molecule has 1 unspecified atom stereocenters. The van der Waals surface area contributed by atoms with Crippen LogP contribution in [-0.4, -0.2) is 36.7 Å². The fraction of sp³-hybridized carbons (Fsp3) is 0.600. The van der Waals surface area contributed by atoms with E-state index in [4.69, 9.17) is 10.5 Å². The Bertz CT molecular complexity index is 442. The van der Waals surface area contributed by atoms with Gasteiger partial charge in [0.1, 0.15) is 5.82 Å². The fourth-order valence-corrected chi connectivity index (χ4v) is 2.61. The number of benzene rings is 1. The van der Waals surface area contributed by atoms with Crippen LogP contribution in [0.5, 0.6) is 0 Å². The summed E-state index contributed by atoms with van der Waals surface area (Å²) in [6, 6.07) is 4.99. The van der Waals surface area contributed by atoms with Crippen molar-refractivity contribution in [3.05, 3.63) is 35.1 Å². The average molecular weight is 266 g/mol. The summed E-state index contributed by atoms with van der Waals surface area (Å²) >= 11 is 0. The summed E-state index contributed by atoms with van der Waals surface area (Å²) in [6.45, 7) is 9.33. The lowest BCUT2D eigenvalue weighted by atomic mass is 9.86. The first-order valence-corrected chi connectivity index (χ1v) is 6.77. The highest BCUT2D eigenvalue weighted by Crippen LogP contribution is 2.30. The van der Waals surface area contributed by atoms with Gasteiger partial charge in [-0.05, 0) is 38.0 Å². The minimum absolute atomic E-state index is 0.148. The van der Waals surface area contributed by atoms with Gasteiger partial charge in [0, 0.05) is 24.7 Å². The smallest absolute Gasteiger partial charge is 0.126 e. The van der Waals surface area contributed by atoms with Gasteiger partial charge in [0.15, 0.2) is 0 Å². The molecule has 0 radical (unpaired) electrons. The van der Waals surface area contributed by atoms with E-state index in [0.717, 1.165) is 31.9 Å². The number of ether oxygens (including phenoxy) is 1. The van der Waals surface area contributed by atoms with Crippen LogP contribution in [0.25, 0.3) is 0 Å². The molecule has 0 aliphatic carbocycles. The molecule has 1 heterocycles. The molecule has 19 heavy (non-hydrogen) atoms. The molecule has 1 aliphatic rings. The number of rotatable bonds is 3. The molecule has 4 heteroatoms. The molecular weight excluding hydrogens is 243 g/mol. The molecule has 1 aromatic carbocycles. The highest BCUT2D eigenvalue weighted by molar-refractivity contribution is 5.28. The van der Waals surface area contributed by atoms with E-state index < -0.39 is 0 Å². The second-order valence-electron chi connectivity index (χ2n) is 5.74. The fourth-order valence-electron chi connectivity index (χ4n) is 2.61. The van der Waals surface area contributed by atoms with Crippen molar-refractivity contribution in [1.82, 2.24) is 4.90 Å². The van der Waals surface area contributed by atoms with Gasteiger partial charge in [0.05, 0.1) is 13.2 Å². The van der Waals surface area contributed by atoms with Crippen molar-refractivity contribution in [3.8, 4) is 0 Å². The molecule has 1 atom stereocenters. The van der Waals surface area contributed by atoms with Crippen molar-refractivity contribution in [3.63, 3.8) is 0 Å². The van der Waals surface area contributed by atoms with E-state index >= 15 is 0 Å². The third kappa shape index (κ3) is 2.96. The lowest BCUT2D eigenvalue weighted by Crippen LogP contribution is -2.55. The predicted octanol–water partition coefficient (Wildman–Crippen LogP) is 2.24. The van der Waals surface area contributed by atoms with Crippen LogP contribution < -0.4 is 5.73 Å². The van der Waals surface area contributed by atoms with Gasteiger partial charge in [-0.2, -0.15) is 0 Å². The van der Waals surface area contributed by atoms with Crippen LogP contribution in [0, 0.1) is 12.7 Å². The Morgan fingerprint density at radius 1 is 1.32 bits per heavy atom. The molecular formula is C15H23FN2O. The maximum atomic E-state index is 13.3. The Labute approximate surface area is 114 Å². The van der Waals surface area contributed by atoms with Crippen molar-refractivity contribution in [2.75, 3.05) is 26.3 Å². The van der Waals surface area contributed by atoms with E-state index in [-0.39, 0.29) is 17.4 Å².